The van der Waals surface area contributed by atoms with Crippen LogP contribution in [0.2, 0.25) is 0 Å². The highest BCUT2D eigenvalue weighted by Gasteiger charge is 2.23. The van der Waals surface area contributed by atoms with Gasteiger partial charge in [-0.25, -0.2) is 13.8 Å². The molecule has 2 aromatic heterocycles. The van der Waals surface area contributed by atoms with Crippen LogP contribution in [0, 0.1) is 11.6 Å². The van der Waals surface area contributed by atoms with E-state index >= 15 is 0 Å². The molecule has 9 nitrogen and oxygen atoms in total. The number of likely N-dealkylation sites (N-methyl/N-ethyl adjacent to an activating group) is 1. The zero-order valence-electron chi connectivity index (χ0n) is 14.9. The molecule has 11 heteroatoms. The average Bonchev–Trinajstić information content (AvgIpc) is 3.05. The second-order valence-electron chi connectivity index (χ2n) is 5.97. The molecule has 0 bridgehead atoms. The van der Waals surface area contributed by atoms with E-state index in [1.165, 1.54) is 30.3 Å². The minimum absolute atomic E-state index is 0.0554. The van der Waals surface area contributed by atoms with Gasteiger partial charge >= 0.3 is 0 Å². The summed E-state index contributed by atoms with van der Waals surface area (Å²) in [5.41, 5.74) is -0.0518. The van der Waals surface area contributed by atoms with Crippen molar-refractivity contribution in [1.29, 1.82) is 0 Å². The molecule has 2 N–H and O–H groups in total. The first-order valence-electron chi connectivity index (χ1n) is 8.15. The third-order valence-corrected chi connectivity index (χ3v) is 4.12. The van der Waals surface area contributed by atoms with E-state index < -0.39 is 41.6 Å². The van der Waals surface area contributed by atoms with Crippen molar-refractivity contribution in [2.45, 2.75) is 12.6 Å². The monoisotopic (exact) mass is 390 g/mol. The summed E-state index contributed by atoms with van der Waals surface area (Å²) in [5, 5.41) is 8.93. The quantitative estimate of drug-likeness (QED) is 0.638. The van der Waals surface area contributed by atoms with Crippen LogP contribution in [-0.4, -0.2) is 38.2 Å². The van der Waals surface area contributed by atoms with Crippen molar-refractivity contribution >= 4 is 22.8 Å². The van der Waals surface area contributed by atoms with Gasteiger partial charge in [-0.15, -0.1) is 0 Å². The van der Waals surface area contributed by atoms with E-state index in [9.17, 15) is 23.2 Å². The number of amides is 2. The third kappa shape index (κ3) is 3.59. The number of carbonyl (C=O) groups is 2. The normalized spacial score (nSPS) is 12.0. The lowest BCUT2D eigenvalue weighted by Gasteiger charge is -2.18. The number of halogens is 2. The Kier molecular flexibility index (Phi) is 5.16. The fourth-order valence-corrected chi connectivity index (χ4v) is 2.68. The molecule has 146 valence electrons. The second kappa shape index (κ2) is 7.55. The van der Waals surface area contributed by atoms with Gasteiger partial charge in [-0.2, -0.15) is 5.10 Å². The molecule has 0 saturated carbocycles. The molecule has 1 unspecified atom stereocenters. The van der Waals surface area contributed by atoms with E-state index in [-0.39, 0.29) is 10.9 Å². The fraction of sp³-hybridized carbons (Fsp3) is 0.235. The lowest BCUT2D eigenvalue weighted by Crippen LogP contribution is -2.41. The number of hydrogen-bond donors (Lipinski definition) is 2. The van der Waals surface area contributed by atoms with Crippen molar-refractivity contribution in [3.05, 3.63) is 58.3 Å². The van der Waals surface area contributed by atoms with Crippen molar-refractivity contribution < 1.29 is 18.4 Å². The van der Waals surface area contributed by atoms with Crippen molar-refractivity contribution in [3.63, 3.8) is 0 Å². The topological polar surface area (TPSA) is 111 Å². The highest BCUT2D eigenvalue weighted by Crippen LogP contribution is 2.17. The summed E-state index contributed by atoms with van der Waals surface area (Å²) < 4.78 is 29.2. The zero-order valence-corrected chi connectivity index (χ0v) is 14.9. The summed E-state index contributed by atoms with van der Waals surface area (Å²) in [5.74, 6) is -3.55. The van der Waals surface area contributed by atoms with Gasteiger partial charge in [0.15, 0.2) is 17.3 Å². The molecule has 0 aliphatic heterocycles. The van der Waals surface area contributed by atoms with E-state index in [4.69, 9.17) is 0 Å². The third-order valence-electron chi connectivity index (χ3n) is 4.12. The molecule has 3 rings (SSSR count). The summed E-state index contributed by atoms with van der Waals surface area (Å²) in [7, 11) is 2.97. The standard InChI is InChI=1S/C17H16F2N6O3/c1-20-16(27)14(9-3-4-11(18)12(19)5-9)23-13(26)7-25-8-21-15-10(17(25)28)6-22-24(15)2/h3-6,8,14H,7H2,1-2H3,(H,20,27)(H,23,26). The maximum atomic E-state index is 13.5. The van der Waals surface area contributed by atoms with E-state index in [2.05, 4.69) is 20.7 Å². The van der Waals surface area contributed by atoms with E-state index in [1.807, 2.05) is 0 Å². The van der Waals surface area contributed by atoms with Gasteiger partial charge in [-0.1, -0.05) is 6.07 Å². The van der Waals surface area contributed by atoms with Gasteiger partial charge in [0.05, 0.1) is 6.20 Å². The van der Waals surface area contributed by atoms with Crippen LogP contribution in [0.3, 0.4) is 0 Å². The lowest BCUT2D eigenvalue weighted by molar-refractivity contribution is -0.129. The molecule has 2 amide bonds. The Bertz CT molecular complexity index is 1120. The van der Waals surface area contributed by atoms with Gasteiger partial charge in [-0.05, 0) is 17.7 Å². The minimum atomic E-state index is -1.27. The van der Waals surface area contributed by atoms with Crippen LogP contribution in [-0.2, 0) is 23.2 Å². The Morgan fingerprint density at radius 1 is 1.25 bits per heavy atom. The molecule has 1 atom stereocenters. The SMILES string of the molecule is CNC(=O)C(NC(=O)Cn1cnc2c(cnn2C)c1=O)c1ccc(F)c(F)c1. The number of nitrogens with one attached hydrogen (secondary N) is 2. The Morgan fingerprint density at radius 2 is 2.00 bits per heavy atom. The number of carbonyl (C=O) groups excluding carboxylic acids is 2. The van der Waals surface area contributed by atoms with Crippen molar-refractivity contribution in [2.75, 3.05) is 7.05 Å². The maximum absolute atomic E-state index is 13.5. The number of hydrogen-bond acceptors (Lipinski definition) is 5. The summed E-state index contributed by atoms with van der Waals surface area (Å²) in [4.78, 5) is 41.0. The number of aryl methyl sites for hydroxylation is 1. The molecule has 28 heavy (non-hydrogen) atoms. The van der Waals surface area contributed by atoms with Crippen LogP contribution in [0.25, 0.3) is 11.0 Å². The summed E-state index contributed by atoms with van der Waals surface area (Å²) in [6, 6.07) is 1.61. The van der Waals surface area contributed by atoms with Crippen LogP contribution in [0.15, 0.2) is 35.5 Å². The Morgan fingerprint density at radius 3 is 2.68 bits per heavy atom. The largest absolute Gasteiger partial charge is 0.357 e. The molecule has 0 radical (unpaired) electrons. The fourth-order valence-electron chi connectivity index (χ4n) is 2.68. The van der Waals surface area contributed by atoms with Gasteiger partial charge in [0.25, 0.3) is 5.56 Å². The number of benzene rings is 1. The molecular formula is C17H16F2N6O3. The molecule has 2 heterocycles. The Balaban J connectivity index is 1.84. The van der Waals surface area contributed by atoms with E-state index in [0.29, 0.717) is 5.65 Å². The summed E-state index contributed by atoms with van der Waals surface area (Å²) in [6.45, 7) is -0.423. The van der Waals surface area contributed by atoms with Gasteiger partial charge in [0, 0.05) is 14.1 Å². The first-order valence-corrected chi connectivity index (χ1v) is 8.15. The Hall–Kier alpha value is -3.63. The van der Waals surface area contributed by atoms with Gasteiger partial charge in [-0.3, -0.25) is 23.6 Å². The van der Waals surface area contributed by atoms with Crippen LogP contribution >= 0.6 is 0 Å². The molecule has 0 spiro atoms. The molecule has 0 aliphatic carbocycles. The number of aromatic nitrogens is 4. The first-order chi connectivity index (χ1) is 13.3. The Labute approximate surface area is 157 Å². The van der Waals surface area contributed by atoms with Crippen molar-refractivity contribution in [3.8, 4) is 0 Å². The van der Waals surface area contributed by atoms with Gasteiger partial charge in [0.2, 0.25) is 11.8 Å². The molecule has 0 saturated heterocycles. The van der Waals surface area contributed by atoms with Crippen molar-refractivity contribution in [2.24, 2.45) is 7.05 Å². The molecule has 0 aliphatic rings. The molecule has 3 aromatic rings. The van der Waals surface area contributed by atoms with E-state index in [0.717, 1.165) is 16.7 Å². The van der Waals surface area contributed by atoms with Crippen molar-refractivity contribution in [1.82, 2.24) is 30.0 Å². The predicted octanol–water partition coefficient (Wildman–Crippen LogP) is 0.0117. The maximum Gasteiger partial charge on any atom is 0.264 e. The molecule has 0 fully saturated rings. The van der Waals surface area contributed by atoms with Gasteiger partial charge < -0.3 is 10.6 Å². The van der Waals surface area contributed by atoms with Crippen LogP contribution < -0.4 is 16.2 Å². The first kappa shape index (κ1) is 19.1. The summed E-state index contributed by atoms with van der Waals surface area (Å²) >= 11 is 0. The van der Waals surface area contributed by atoms with Gasteiger partial charge in [0.1, 0.15) is 24.3 Å². The number of fused-ring (bicyclic) bond motifs is 1. The van der Waals surface area contributed by atoms with Crippen LogP contribution in [0.1, 0.15) is 11.6 Å². The average molecular weight is 390 g/mol. The van der Waals surface area contributed by atoms with E-state index in [1.54, 1.807) is 7.05 Å². The highest BCUT2D eigenvalue weighted by atomic mass is 19.2. The van der Waals surface area contributed by atoms with Crippen LogP contribution in [0.4, 0.5) is 8.78 Å². The predicted molar refractivity (Wildman–Crippen MR) is 94.1 cm³/mol. The smallest absolute Gasteiger partial charge is 0.264 e. The lowest BCUT2D eigenvalue weighted by atomic mass is 10.1. The highest BCUT2D eigenvalue weighted by molar-refractivity contribution is 5.88. The second-order valence-corrected chi connectivity index (χ2v) is 5.97. The number of rotatable bonds is 5. The van der Waals surface area contributed by atoms with Crippen LogP contribution in [0.5, 0.6) is 0 Å². The zero-order chi connectivity index (χ0) is 20.4. The minimum Gasteiger partial charge on any atom is -0.357 e. The molecular weight excluding hydrogens is 374 g/mol. The number of nitrogens with zero attached hydrogens (tertiary/aromatic N) is 4. The summed E-state index contributed by atoms with van der Waals surface area (Å²) in [6.07, 6.45) is 2.53. The molecule has 1 aromatic carbocycles.